The van der Waals surface area contributed by atoms with Gasteiger partial charge in [-0.25, -0.2) is 0 Å². The quantitative estimate of drug-likeness (QED) is 0.772. The molecule has 2 rings (SSSR count). The third-order valence-corrected chi connectivity index (χ3v) is 4.35. The molecule has 0 radical (unpaired) electrons. The van der Waals surface area contributed by atoms with Crippen LogP contribution in [0.4, 0.5) is 0 Å². The molecule has 1 aromatic carbocycles. The lowest BCUT2D eigenvalue weighted by molar-refractivity contribution is 0.229. The molecule has 1 aromatic rings. The third-order valence-electron chi connectivity index (χ3n) is 4.35. The molecule has 0 aliphatic heterocycles. The summed E-state index contributed by atoms with van der Waals surface area (Å²) in [7, 11) is 0. The van der Waals surface area contributed by atoms with Gasteiger partial charge in [-0.2, -0.15) is 0 Å². The van der Waals surface area contributed by atoms with E-state index in [0.29, 0.717) is 0 Å². The van der Waals surface area contributed by atoms with E-state index in [9.17, 15) is 0 Å². The van der Waals surface area contributed by atoms with Gasteiger partial charge in [0.05, 0.1) is 0 Å². The van der Waals surface area contributed by atoms with Gasteiger partial charge in [0.2, 0.25) is 0 Å². The van der Waals surface area contributed by atoms with E-state index in [1.54, 1.807) is 0 Å². The monoisotopic (exact) mass is 245 g/mol. The van der Waals surface area contributed by atoms with E-state index in [0.717, 1.165) is 24.4 Å². The average molecular weight is 245 g/mol. The zero-order chi connectivity index (χ0) is 12.8. The van der Waals surface area contributed by atoms with Crippen molar-refractivity contribution in [2.24, 2.45) is 11.8 Å². The molecule has 1 saturated carbocycles. The largest absolute Gasteiger partial charge is 0.314 e. The molecular weight excluding hydrogens is 218 g/mol. The first-order valence-corrected chi connectivity index (χ1v) is 7.53. The van der Waals surface area contributed by atoms with Gasteiger partial charge >= 0.3 is 0 Å². The predicted molar refractivity (Wildman–Crippen MR) is 78.7 cm³/mol. The van der Waals surface area contributed by atoms with Crippen LogP contribution in [0.2, 0.25) is 0 Å². The van der Waals surface area contributed by atoms with Crippen molar-refractivity contribution in [1.82, 2.24) is 5.32 Å². The Morgan fingerprint density at radius 3 is 2.67 bits per heavy atom. The molecular formula is C17H27N. The number of hydrogen-bond donors (Lipinski definition) is 1. The summed E-state index contributed by atoms with van der Waals surface area (Å²) in [4.78, 5) is 0. The molecule has 1 N–H and O–H groups in total. The number of benzene rings is 1. The number of aryl methyl sites for hydroxylation is 1. The smallest absolute Gasteiger partial charge is 0.00952 e. The number of hydrogen-bond acceptors (Lipinski definition) is 1. The average Bonchev–Trinajstić information content (AvgIpc) is 2.40. The summed E-state index contributed by atoms with van der Waals surface area (Å²) < 4.78 is 0. The van der Waals surface area contributed by atoms with Crippen LogP contribution in [0.3, 0.4) is 0 Å². The van der Waals surface area contributed by atoms with Crippen molar-refractivity contribution in [2.75, 3.05) is 6.54 Å². The Morgan fingerprint density at radius 2 is 1.89 bits per heavy atom. The SMILES string of the molecule is CC1CCC(C)C(NCCCc2ccccc2)C1. The van der Waals surface area contributed by atoms with E-state index >= 15 is 0 Å². The van der Waals surface area contributed by atoms with Crippen molar-refractivity contribution in [3.05, 3.63) is 35.9 Å². The lowest BCUT2D eigenvalue weighted by atomic mass is 9.80. The fraction of sp³-hybridized carbons (Fsp3) is 0.647. The standard InChI is InChI=1S/C17H27N/c1-14-10-11-15(2)17(13-14)18-12-6-9-16-7-4-3-5-8-16/h3-5,7-8,14-15,17-18H,6,9-13H2,1-2H3. The first kappa shape index (κ1) is 13.6. The van der Waals surface area contributed by atoms with Crippen molar-refractivity contribution in [1.29, 1.82) is 0 Å². The minimum atomic E-state index is 0.754. The fourth-order valence-electron chi connectivity index (χ4n) is 3.04. The summed E-state index contributed by atoms with van der Waals surface area (Å²) in [5.41, 5.74) is 1.46. The molecule has 0 spiro atoms. The van der Waals surface area contributed by atoms with Crippen LogP contribution in [-0.2, 0) is 6.42 Å². The van der Waals surface area contributed by atoms with Crippen LogP contribution in [0.15, 0.2) is 30.3 Å². The molecule has 0 bridgehead atoms. The van der Waals surface area contributed by atoms with Crippen LogP contribution in [-0.4, -0.2) is 12.6 Å². The Hall–Kier alpha value is -0.820. The maximum absolute atomic E-state index is 3.77. The van der Waals surface area contributed by atoms with Gasteiger partial charge in [0.1, 0.15) is 0 Å². The molecule has 0 amide bonds. The summed E-state index contributed by atoms with van der Waals surface area (Å²) in [6.07, 6.45) is 6.64. The van der Waals surface area contributed by atoms with Crippen LogP contribution >= 0.6 is 0 Å². The highest BCUT2D eigenvalue weighted by Gasteiger charge is 2.24. The van der Waals surface area contributed by atoms with E-state index in [1.165, 1.54) is 37.7 Å². The van der Waals surface area contributed by atoms with Gasteiger partial charge in [-0.1, -0.05) is 50.6 Å². The maximum atomic E-state index is 3.77. The Balaban J connectivity index is 1.66. The van der Waals surface area contributed by atoms with Crippen molar-refractivity contribution < 1.29 is 0 Å². The minimum Gasteiger partial charge on any atom is -0.314 e. The van der Waals surface area contributed by atoms with Crippen molar-refractivity contribution in [3.63, 3.8) is 0 Å². The zero-order valence-corrected chi connectivity index (χ0v) is 11.9. The first-order valence-electron chi connectivity index (χ1n) is 7.53. The van der Waals surface area contributed by atoms with Gasteiger partial charge in [-0.05, 0) is 49.6 Å². The molecule has 0 aromatic heterocycles. The number of nitrogens with one attached hydrogen (secondary N) is 1. The highest BCUT2D eigenvalue weighted by molar-refractivity contribution is 5.14. The molecule has 1 heteroatoms. The van der Waals surface area contributed by atoms with Crippen LogP contribution in [0.1, 0.15) is 45.1 Å². The second-order valence-corrected chi connectivity index (χ2v) is 6.05. The van der Waals surface area contributed by atoms with Crippen LogP contribution in [0, 0.1) is 11.8 Å². The Kier molecular flexibility index (Phi) is 5.25. The van der Waals surface area contributed by atoms with E-state index in [-0.39, 0.29) is 0 Å². The van der Waals surface area contributed by atoms with Crippen molar-refractivity contribution >= 4 is 0 Å². The van der Waals surface area contributed by atoms with Gasteiger partial charge in [0.25, 0.3) is 0 Å². The van der Waals surface area contributed by atoms with E-state index in [1.807, 2.05) is 0 Å². The van der Waals surface area contributed by atoms with Gasteiger partial charge in [0.15, 0.2) is 0 Å². The third kappa shape index (κ3) is 4.13. The van der Waals surface area contributed by atoms with E-state index in [2.05, 4.69) is 49.5 Å². The lowest BCUT2D eigenvalue weighted by Crippen LogP contribution is -2.40. The molecule has 3 atom stereocenters. The van der Waals surface area contributed by atoms with E-state index < -0.39 is 0 Å². The normalized spacial score (nSPS) is 28.2. The summed E-state index contributed by atoms with van der Waals surface area (Å²) in [5, 5.41) is 3.77. The molecule has 1 aliphatic rings. The maximum Gasteiger partial charge on any atom is 0.00952 e. The fourth-order valence-corrected chi connectivity index (χ4v) is 3.04. The van der Waals surface area contributed by atoms with Crippen LogP contribution in [0.25, 0.3) is 0 Å². The highest BCUT2D eigenvalue weighted by Crippen LogP contribution is 2.28. The molecule has 100 valence electrons. The predicted octanol–water partition coefficient (Wildman–Crippen LogP) is 4.03. The Bertz CT molecular complexity index is 333. The molecule has 0 heterocycles. The molecule has 1 aliphatic carbocycles. The van der Waals surface area contributed by atoms with Crippen LogP contribution in [0.5, 0.6) is 0 Å². The summed E-state index contributed by atoms with van der Waals surface area (Å²) in [5.74, 6) is 1.77. The van der Waals surface area contributed by atoms with Crippen LogP contribution < -0.4 is 5.32 Å². The topological polar surface area (TPSA) is 12.0 Å². The van der Waals surface area contributed by atoms with Crippen molar-refractivity contribution in [3.8, 4) is 0 Å². The van der Waals surface area contributed by atoms with Crippen molar-refractivity contribution in [2.45, 2.75) is 52.0 Å². The summed E-state index contributed by atoms with van der Waals surface area (Å²) in [6.45, 7) is 5.96. The summed E-state index contributed by atoms with van der Waals surface area (Å²) >= 11 is 0. The molecule has 1 nitrogen and oxygen atoms in total. The number of rotatable bonds is 5. The van der Waals surface area contributed by atoms with Gasteiger partial charge in [-0.3, -0.25) is 0 Å². The first-order chi connectivity index (χ1) is 8.75. The lowest BCUT2D eigenvalue weighted by Gasteiger charge is -2.33. The Morgan fingerprint density at radius 1 is 1.11 bits per heavy atom. The highest BCUT2D eigenvalue weighted by atomic mass is 14.9. The molecule has 0 saturated heterocycles. The second kappa shape index (κ2) is 6.94. The molecule has 3 unspecified atom stereocenters. The summed E-state index contributed by atoms with van der Waals surface area (Å²) in [6, 6.07) is 11.6. The second-order valence-electron chi connectivity index (χ2n) is 6.05. The zero-order valence-electron chi connectivity index (χ0n) is 11.9. The molecule has 18 heavy (non-hydrogen) atoms. The minimum absolute atomic E-state index is 0.754. The van der Waals surface area contributed by atoms with Gasteiger partial charge in [-0.15, -0.1) is 0 Å². The van der Waals surface area contributed by atoms with E-state index in [4.69, 9.17) is 0 Å². The Labute approximate surface area is 112 Å². The van der Waals surface area contributed by atoms with Gasteiger partial charge < -0.3 is 5.32 Å². The molecule has 1 fully saturated rings. The van der Waals surface area contributed by atoms with Gasteiger partial charge in [0, 0.05) is 6.04 Å².